The summed E-state index contributed by atoms with van der Waals surface area (Å²) in [6, 6.07) is 8.28. The highest BCUT2D eigenvalue weighted by atomic mass is 79.9. The molecule has 0 aliphatic carbocycles. The van der Waals surface area contributed by atoms with Crippen molar-refractivity contribution in [3.63, 3.8) is 0 Å². The van der Waals surface area contributed by atoms with Crippen LogP contribution in [0, 0.1) is 5.92 Å². The number of rotatable bonds is 6. The van der Waals surface area contributed by atoms with Crippen molar-refractivity contribution in [2.24, 2.45) is 5.92 Å². The van der Waals surface area contributed by atoms with E-state index in [2.05, 4.69) is 21.2 Å². The van der Waals surface area contributed by atoms with Gasteiger partial charge in [0.1, 0.15) is 5.75 Å². The van der Waals surface area contributed by atoms with Gasteiger partial charge in [-0.05, 0) is 71.1 Å². The highest BCUT2D eigenvalue weighted by Gasteiger charge is 2.36. The van der Waals surface area contributed by atoms with Gasteiger partial charge in [-0.1, -0.05) is 18.5 Å². The van der Waals surface area contributed by atoms with Gasteiger partial charge in [-0.25, -0.2) is 8.42 Å². The van der Waals surface area contributed by atoms with Gasteiger partial charge in [0.25, 0.3) is 0 Å². The van der Waals surface area contributed by atoms with Crippen LogP contribution in [0.4, 0.5) is 11.4 Å². The summed E-state index contributed by atoms with van der Waals surface area (Å²) in [5, 5.41) is 3.28. The third-order valence-corrected chi connectivity index (χ3v) is 9.48. The molecule has 2 heterocycles. The normalized spacial score (nSPS) is 18.3. The molecule has 2 aromatic carbocycles. The van der Waals surface area contributed by atoms with Gasteiger partial charge in [-0.15, -0.1) is 0 Å². The van der Waals surface area contributed by atoms with Gasteiger partial charge in [0.2, 0.25) is 21.8 Å². The second-order valence-electron chi connectivity index (χ2n) is 8.60. The van der Waals surface area contributed by atoms with Crippen molar-refractivity contribution in [3.8, 4) is 5.75 Å². The van der Waals surface area contributed by atoms with Crippen LogP contribution in [-0.2, 0) is 26.0 Å². The number of amides is 2. The molecule has 0 spiro atoms. The molecule has 0 radical (unpaired) electrons. The minimum Gasteiger partial charge on any atom is -0.495 e. The zero-order valence-electron chi connectivity index (χ0n) is 19.5. The number of nitrogens with one attached hydrogen (secondary N) is 1. The van der Waals surface area contributed by atoms with Crippen molar-refractivity contribution in [1.82, 2.24) is 4.31 Å². The number of hydrogen-bond donors (Lipinski definition) is 1. The molecule has 4 rings (SSSR count). The molecule has 0 aromatic heterocycles. The molecule has 1 atom stereocenters. The quantitative estimate of drug-likeness (QED) is 0.541. The maximum Gasteiger partial charge on any atom is 0.244 e. The molecule has 11 heteroatoms. The number of ether oxygens (including phenoxy) is 1. The lowest BCUT2D eigenvalue weighted by Gasteiger charge is -2.31. The van der Waals surface area contributed by atoms with Crippen LogP contribution in [-0.4, -0.2) is 51.3 Å². The molecule has 188 valence electrons. The summed E-state index contributed by atoms with van der Waals surface area (Å²) in [7, 11) is -2.41. The van der Waals surface area contributed by atoms with Crippen molar-refractivity contribution in [2.45, 2.75) is 37.5 Å². The molecule has 0 unspecified atom stereocenters. The van der Waals surface area contributed by atoms with E-state index in [1.54, 1.807) is 42.2 Å². The smallest absolute Gasteiger partial charge is 0.244 e. The standard InChI is InChI=1S/C24H27BrClN3O5S/c1-3-23(30)29-10-8-15-11-18(25)22(13-20(15)29)35(32,33)28-9-4-5-16(14-28)24(31)27-19-12-17(26)6-7-21(19)34-2/h6-7,11-13,16H,3-5,8-10,14H2,1-2H3,(H,27,31)/t16-/m0/s1. The summed E-state index contributed by atoms with van der Waals surface area (Å²) < 4.78 is 34.4. The first-order valence-electron chi connectivity index (χ1n) is 11.4. The van der Waals surface area contributed by atoms with E-state index in [1.165, 1.54) is 11.4 Å². The number of sulfonamides is 1. The zero-order chi connectivity index (χ0) is 25.3. The second-order valence-corrected chi connectivity index (χ2v) is 11.8. The number of anilines is 2. The molecule has 1 fully saturated rings. The van der Waals surface area contributed by atoms with E-state index in [1.807, 2.05) is 0 Å². The van der Waals surface area contributed by atoms with E-state index in [-0.39, 0.29) is 23.3 Å². The Bertz CT molecular complexity index is 1270. The zero-order valence-corrected chi connectivity index (χ0v) is 22.7. The highest BCUT2D eigenvalue weighted by molar-refractivity contribution is 9.10. The van der Waals surface area contributed by atoms with Crippen LogP contribution in [0.15, 0.2) is 39.7 Å². The van der Waals surface area contributed by atoms with Crippen LogP contribution >= 0.6 is 27.5 Å². The molecular weight excluding hydrogens is 558 g/mol. The molecule has 35 heavy (non-hydrogen) atoms. The molecule has 2 aliphatic heterocycles. The van der Waals surface area contributed by atoms with Gasteiger partial charge in [0.05, 0.1) is 23.6 Å². The van der Waals surface area contributed by atoms with Crippen LogP contribution in [0.3, 0.4) is 0 Å². The Balaban J connectivity index is 1.56. The van der Waals surface area contributed by atoms with Crippen LogP contribution in [0.5, 0.6) is 5.75 Å². The van der Waals surface area contributed by atoms with Crippen LogP contribution in [0.25, 0.3) is 0 Å². The first kappa shape index (κ1) is 25.9. The van der Waals surface area contributed by atoms with E-state index < -0.39 is 15.9 Å². The molecule has 0 bridgehead atoms. The first-order valence-corrected chi connectivity index (χ1v) is 14.0. The monoisotopic (exact) mass is 583 g/mol. The highest BCUT2D eigenvalue weighted by Crippen LogP contribution is 2.38. The third kappa shape index (κ3) is 5.21. The SMILES string of the molecule is CCC(=O)N1CCc2cc(Br)c(S(=O)(=O)N3CCC[C@H](C(=O)Nc4cc(Cl)ccc4OC)C3)cc21. The lowest BCUT2D eigenvalue weighted by Crippen LogP contribution is -2.43. The van der Waals surface area contributed by atoms with Crippen molar-refractivity contribution in [1.29, 1.82) is 0 Å². The summed E-state index contributed by atoms with van der Waals surface area (Å²) >= 11 is 9.49. The molecule has 1 N–H and O–H groups in total. The van der Waals surface area contributed by atoms with E-state index in [0.717, 1.165) is 5.56 Å². The molecule has 1 saturated heterocycles. The Morgan fingerprint density at radius 3 is 2.71 bits per heavy atom. The van der Waals surface area contributed by atoms with Crippen molar-refractivity contribution < 1.29 is 22.7 Å². The molecule has 2 amide bonds. The number of fused-ring (bicyclic) bond motifs is 1. The summed E-state index contributed by atoms with van der Waals surface area (Å²) in [5.41, 5.74) is 2.01. The maximum atomic E-state index is 13.6. The molecule has 2 aliphatic rings. The lowest BCUT2D eigenvalue weighted by molar-refractivity contribution is -0.121. The summed E-state index contributed by atoms with van der Waals surface area (Å²) in [4.78, 5) is 27.1. The summed E-state index contributed by atoms with van der Waals surface area (Å²) in [5.74, 6) is -0.399. The predicted octanol–water partition coefficient (Wildman–Crippen LogP) is 4.45. The fourth-order valence-corrected chi connectivity index (χ4v) is 7.33. The number of carbonyl (C=O) groups is 2. The minimum atomic E-state index is -3.91. The Morgan fingerprint density at radius 2 is 2.00 bits per heavy atom. The van der Waals surface area contributed by atoms with Crippen LogP contribution in [0.2, 0.25) is 5.02 Å². The average molecular weight is 585 g/mol. The average Bonchev–Trinajstić information content (AvgIpc) is 3.26. The van der Waals surface area contributed by atoms with Gasteiger partial charge < -0.3 is 15.0 Å². The van der Waals surface area contributed by atoms with E-state index in [4.69, 9.17) is 16.3 Å². The number of nitrogens with zero attached hydrogens (tertiary/aromatic N) is 2. The van der Waals surface area contributed by atoms with E-state index in [9.17, 15) is 18.0 Å². The van der Waals surface area contributed by atoms with Gasteiger partial charge >= 0.3 is 0 Å². The predicted molar refractivity (Wildman–Crippen MR) is 139 cm³/mol. The van der Waals surface area contributed by atoms with Crippen LogP contribution in [0.1, 0.15) is 31.7 Å². The molecule has 8 nitrogen and oxygen atoms in total. The number of carbonyl (C=O) groups excluding carboxylic acids is 2. The first-order chi connectivity index (χ1) is 16.6. The number of halogens is 2. The Morgan fingerprint density at radius 1 is 1.23 bits per heavy atom. The van der Waals surface area contributed by atoms with Crippen molar-refractivity contribution in [2.75, 3.05) is 37.0 Å². The largest absolute Gasteiger partial charge is 0.495 e. The van der Waals surface area contributed by atoms with E-state index in [0.29, 0.717) is 65.4 Å². The fourth-order valence-electron chi connectivity index (χ4n) is 4.56. The van der Waals surface area contributed by atoms with Crippen molar-refractivity contribution >= 4 is 60.7 Å². The number of hydrogen-bond acceptors (Lipinski definition) is 5. The van der Waals surface area contributed by atoms with Gasteiger partial charge in [0, 0.05) is 41.2 Å². The Labute approximate surface area is 218 Å². The second kappa shape index (κ2) is 10.5. The topological polar surface area (TPSA) is 96.0 Å². The fraction of sp³-hybridized carbons (Fsp3) is 0.417. The van der Waals surface area contributed by atoms with Crippen LogP contribution < -0.4 is 15.0 Å². The number of methoxy groups -OCH3 is 1. The Hall–Kier alpha value is -2.14. The summed E-state index contributed by atoms with van der Waals surface area (Å²) in [6.45, 7) is 2.69. The van der Waals surface area contributed by atoms with Crippen molar-refractivity contribution in [3.05, 3.63) is 45.4 Å². The van der Waals surface area contributed by atoms with Gasteiger partial charge in [0.15, 0.2) is 0 Å². The summed E-state index contributed by atoms with van der Waals surface area (Å²) in [6.07, 6.45) is 2.13. The van der Waals surface area contributed by atoms with Gasteiger partial charge in [-0.3, -0.25) is 9.59 Å². The number of benzene rings is 2. The Kier molecular flexibility index (Phi) is 7.75. The molecule has 0 saturated carbocycles. The van der Waals surface area contributed by atoms with E-state index >= 15 is 0 Å². The van der Waals surface area contributed by atoms with Gasteiger partial charge in [-0.2, -0.15) is 4.31 Å². The third-order valence-electron chi connectivity index (χ3n) is 6.42. The molecule has 2 aromatic rings. The maximum absolute atomic E-state index is 13.6. The lowest BCUT2D eigenvalue weighted by atomic mass is 9.98. The number of piperidine rings is 1. The molecular formula is C24H27BrClN3O5S. The minimum absolute atomic E-state index is 0.0411.